The molecule has 1 heterocycles. The number of ether oxygens (including phenoxy) is 1. The summed E-state index contributed by atoms with van der Waals surface area (Å²) in [7, 11) is 5.47. The van der Waals surface area contributed by atoms with Crippen LogP contribution < -0.4 is 26.2 Å². The molecule has 0 bridgehead atoms. The number of methoxy groups -OCH3 is 1. The number of aromatic nitrogens is 3. The van der Waals surface area contributed by atoms with E-state index in [1.165, 1.54) is 11.8 Å². The van der Waals surface area contributed by atoms with E-state index in [1.807, 2.05) is 43.3 Å². The molecule has 0 aliphatic rings. The van der Waals surface area contributed by atoms with Crippen LogP contribution in [0.1, 0.15) is 5.56 Å². The molecule has 0 radical (unpaired) electrons. The number of nitrogen functional groups attached to an aromatic ring is 1. The minimum Gasteiger partial charge on any atom is -0.495 e. The Bertz CT molecular complexity index is 1100. The molecule has 2 aromatic carbocycles. The van der Waals surface area contributed by atoms with Gasteiger partial charge in [-0.05, 0) is 35.9 Å². The molecule has 0 aliphatic heterocycles. The molecular weight excluding hydrogens is 452 g/mol. The van der Waals surface area contributed by atoms with E-state index < -0.39 is 0 Å². The first kappa shape index (κ1) is 23.2. The van der Waals surface area contributed by atoms with Crippen LogP contribution in [0.5, 0.6) is 5.75 Å². The summed E-state index contributed by atoms with van der Waals surface area (Å²) in [5.74, 6) is 6.54. The van der Waals surface area contributed by atoms with E-state index in [-0.39, 0.29) is 17.6 Å². The van der Waals surface area contributed by atoms with Crippen molar-refractivity contribution in [2.75, 3.05) is 48.4 Å². The minimum atomic E-state index is -0.271. The van der Waals surface area contributed by atoms with E-state index >= 15 is 0 Å². The number of thioether (sulfide) groups is 1. The van der Waals surface area contributed by atoms with Crippen molar-refractivity contribution in [3.05, 3.63) is 53.1 Å². The second-order valence-electron chi connectivity index (χ2n) is 6.71. The Hall–Kier alpha value is -3.44. The number of nitrogens with two attached hydrogens (primary N) is 1. The van der Waals surface area contributed by atoms with E-state index in [2.05, 4.69) is 26.0 Å². The highest BCUT2D eigenvalue weighted by molar-refractivity contribution is 7.99. The third kappa shape index (κ3) is 6.05. The van der Waals surface area contributed by atoms with Gasteiger partial charge < -0.3 is 20.8 Å². The SMILES string of the molecule is COc1ccc(Cl)cc1NC(=O)CSc1nnc(N/N=C/c2ccc(N(C)C)cc2)n1N. The minimum absolute atomic E-state index is 0.0620. The van der Waals surface area contributed by atoms with Gasteiger partial charge in [0, 0.05) is 24.8 Å². The van der Waals surface area contributed by atoms with Crippen LogP contribution >= 0.6 is 23.4 Å². The lowest BCUT2D eigenvalue weighted by Gasteiger charge is -2.11. The molecule has 32 heavy (non-hydrogen) atoms. The van der Waals surface area contributed by atoms with Gasteiger partial charge in [0.05, 0.1) is 24.8 Å². The zero-order chi connectivity index (χ0) is 23.1. The third-order valence-electron chi connectivity index (χ3n) is 4.22. The zero-order valence-corrected chi connectivity index (χ0v) is 19.3. The average Bonchev–Trinajstić information content (AvgIpc) is 3.12. The van der Waals surface area contributed by atoms with Crippen molar-refractivity contribution in [2.45, 2.75) is 5.16 Å². The van der Waals surface area contributed by atoms with Gasteiger partial charge in [-0.3, -0.25) is 4.79 Å². The van der Waals surface area contributed by atoms with Crippen molar-refractivity contribution in [1.29, 1.82) is 0 Å². The van der Waals surface area contributed by atoms with Crippen molar-refractivity contribution in [1.82, 2.24) is 14.9 Å². The summed E-state index contributed by atoms with van der Waals surface area (Å²) >= 11 is 7.11. The molecule has 3 rings (SSSR count). The Balaban J connectivity index is 1.54. The molecule has 12 heteroatoms. The Labute approximate surface area is 194 Å². The number of rotatable bonds is 9. The summed E-state index contributed by atoms with van der Waals surface area (Å²) in [6.45, 7) is 0. The Morgan fingerprint density at radius 1 is 1.28 bits per heavy atom. The molecule has 0 unspecified atom stereocenters. The highest BCUT2D eigenvalue weighted by atomic mass is 35.5. The number of nitrogens with zero attached hydrogens (tertiary/aromatic N) is 5. The van der Waals surface area contributed by atoms with Gasteiger partial charge in [0.15, 0.2) is 0 Å². The van der Waals surface area contributed by atoms with Crippen molar-refractivity contribution in [3.8, 4) is 5.75 Å². The first-order valence-corrected chi connectivity index (χ1v) is 10.8. The number of benzene rings is 2. The van der Waals surface area contributed by atoms with Crippen molar-refractivity contribution in [2.24, 2.45) is 5.10 Å². The van der Waals surface area contributed by atoms with Gasteiger partial charge in [-0.25, -0.2) is 10.1 Å². The average molecular weight is 475 g/mol. The maximum atomic E-state index is 12.3. The molecule has 3 aromatic rings. The maximum absolute atomic E-state index is 12.3. The van der Waals surface area contributed by atoms with Crippen molar-refractivity contribution < 1.29 is 9.53 Å². The number of anilines is 3. The number of halogens is 1. The fraction of sp³-hybridized carbons (Fsp3) is 0.200. The lowest BCUT2D eigenvalue weighted by Crippen LogP contribution is -2.17. The summed E-state index contributed by atoms with van der Waals surface area (Å²) in [4.78, 5) is 14.3. The van der Waals surface area contributed by atoms with E-state index in [0.717, 1.165) is 23.0 Å². The highest BCUT2D eigenvalue weighted by Crippen LogP contribution is 2.28. The standard InChI is InChI=1S/C20H23ClN8O2S/c1-28(2)15-7-4-13(5-8-15)11-23-25-19-26-27-20(29(19)22)32-12-18(30)24-16-10-14(21)6-9-17(16)31-3/h4-11H,12,22H2,1-3H3,(H,24,30)(H,25,26)/b23-11+. The van der Waals surface area contributed by atoms with Crippen LogP contribution in [0, 0.1) is 0 Å². The Morgan fingerprint density at radius 3 is 2.72 bits per heavy atom. The summed E-state index contributed by atoms with van der Waals surface area (Å²) in [6.07, 6.45) is 1.65. The Morgan fingerprint density at radius 2 is 2.03 bits per heavy atom. The molecule has 4 N–H and O–H groups in total. The van der Waals surface area contributed by atoms with Crippen LogP contribution in [0.25, 0.3) is 0 Å². The quantitative estimate of drug-likeness (QED) is 0.187. The van der Waals surface area contributed by atoms with Crippen LogP contribution in [0.4, 0.5) is 17.3 Å². The molecule has 0 fully saturated rings. The molecule has 0 saturated heterocycles. The number of nitrogens with one attached hydrogen (secondary N) is 2. The highest BCUT2D eigenvalue weighted by Gasteiger charge is 2.13. The maximum Gasteiger partial charge on any atom is 0.264 e. The van der Waals surface area contributed by atoms with Crippen molar-refractivity contribution in [3.63, 3.8) is 0 Å². The number of hydrazone groups is 1. The fourth-order valence-corrected chi connectivity index (χ4v) is 3.40. The molecule has 168 valence electrons. The normalized spacial score (nSPS) is 10.9. The first-order valence-electron chi connectivity index (χ1n) is 9.40. The summed E-state index contributed by atoms with van der Waals surface area (Å²) in [6, 6.07) is 12.8. The topological polar surface area (TPSA) is 123 Å². The van der Waals surface area contributed by atoms with Crippen LogP contribution in [0.15, 0.2) is 52.7 Å². The summed E-state index contributed by atoms with van der Waals surface area (Å²) in [5.41, 5.74) is 5.23. The molecular formula is C20H23ClN8O2S. The zero-order valence-electron chi connectivity index (χ0n) is 17.7. The number of carbonyl (C=O) groups is 1. The molecule has 1 amide bonds. The fourth-order valence-electron chi connectivity index (χ4n) is 2.57. The smallest absolute Gasteiger partial charge is 0.264 e. The molecule has 0 atom stereocenters. The molecule has 1 aromatic heterocycles. The summed E-state index contributed by atoms with van der Waals surface area (Å²) < 4.78 is 6.45. The van der Waals surface area contributed by atoms with Gasteiger partial charge in [0.25, 0.3) is 5.95 Å². The predicted octanol–water partition coefficient (Wildman–Crippen LogP) is 2.90. The van der Waals surface area contributed by atoms with E-state index in [4.69, 9.17) is 22.2 Å². The number of carbonyl (C=O) groups excluding carboxylic acids is 1. The number of hydrogen-bond donors (Lipinski definition) is 3. The van der Waals surface area contributed by atoms with Gasteiger partial charge in [-0.2, -0.15) is 5.10 Å². The van der Waals surface area contributed by atoms with E-state index in [0.29, 0.717) is 21.6 Å². The lowest BCUT2D eigenvalue weighted by atomic mass is 10.2. The Kier molecular flexibility index (Phi) is 7.79. The molecule has 0 saturated carbocycles. The van der Waals surface area contributed by atoms with Crippen molar-refractivity contribution >= 4 is 52.8 Å². The van der Waals surface area contributed by atoms with Gasteiger partial charge in [0.2, 0.25) is 11.1 Å². The lowest BCUT2D eigenvalue weighted by molar-refractivity contribution is -0.113. The monoisotopic (exact) mass is 474 g/mol. The molecule has 10 nitrogen and oxygen atoms in total. The van der Waals surface area contributed by atoms with Crippen LogP contribution in [-0.2, 0) is 4.79 Å². The predicted molar refractivity (Wildman–Crippen MR) is 130 cm³/mol. The van der Waals surface area contributed by atoms with Gasteiger partial charge in [0.1, 0.15) is 5.75 Å². The van der Waals surface area contributed by atoms with Gasteiger partial charge in [-0.1, -0.05) is 35.5 Å². The van der Waals surface area contributed by atoms with Crippen LogP contribution in [0.3, 0.4) is 0 Å². The second-order valence-corrected chi connectivity index (χ2v) is 8.09. The molecule has 0 spiro atoms. The third-order valence-corrected chi connectivity index (χ3v) is 5.40. The van der Waals surface area contributed by atoms with E-state index in [1.54, 1.807) is 24.4 Å². The van der Waals surface area contributed by atoms with Crippen LogP contribution in [-0.4, -0.2) is 54.0 Å². The van der Waals surface area contributed by atoms with Crippen LogP contribution in [0.2, 0.25) is 5.02 Å². The molecule has 0 aliphatic carbocycles. The first-order chi connectivity index (χ1) is 15.4. The van der Waals surface area contributed by atoms with Gasteiger partial charge in [-0.15, -0.1) is 10.2 Å². The second kappa shape index (κ2) is 10.7. The number of hydrogen-bond acceptors (Lipinski definition) is 9. The van der Waals surface area contributed by atoms with Gasteiger partial charge >= 0.3 is 0 Å². The summed E-state index contributed by atoms with van der Waals surface area (Å²) in [5, 5.41) is 15.7. The largest absolute Gasteiger partial charge is 0.495 e. The number of amides is 1. The van der Waals surface area contributed by atoms with E-state index in [9.17, 15) is 4.79 Å².